The first-order valence-corrected chi connectivity index (χ1v) is 6.61. The Kier molecular flexibility index (Phi) is 4.19. The molecule has 0 saturated carbocycles. The Balaban J connectivity index is 2.21. The molecule has 2 nitrogen and oxygen atoms in total. The number of rotatable bonds is 3. The minimum absolute atomic E-state index is 0.315. The Morgan fingerprint density at radius 2 is 2.18 bits per heavy atom. The number of hydrogen-bond acceptors (Lipinski definition) is 2. The zero-order valence-corrected chi connectivity index (χ0v) is 10.9. The lowest BCUT2D eigenvalue weighted by Crippen LogP contribution is -2.31. The molecule has 17 heavy (non-hydrogen) atoms. The second kappa shape index (κ2) is 5.65. The first kappa shape index (κ1) is 12.6. The molecule has 2 heteroatoms. The highest BCUT2D eigenvalue weighted by atomic mass is 16.5. The Morgan fingerprint density at radius 1 is 1.35 bits per heavy atom. The molecule has 0 amide bonds. The summed E-state index contributed by atoms with van der Waals surface area (Å²) in [6, 6.07) is 6.63. The summed E-state index contributed by atoms with van der Waals surface area (Å²) in [5, 5.41) is 0. The summed E-state index contributed by atoms with van der Waals surface area (Å²) in [6.07, 6.45) is 3.93. The van der Waals surface area contributed by atoms with Crippen molar-refractivity contribution in [3.8, 4) is 0 Å². The Bertz CT molecular complexity index is 369. The van der Waals surface area contributed by atoms with Crippen LogP contribution in [0, 0.1) is 13.8 Å². The SMILES string of the molecule is Cc1ccc(C(CN)C2CCCCO2)c(C)c1. The van der Waals surface area contributed by atoms with E-state index in [4.69, 9.17) is 10.5 Å². The molecular formula is C15H23NO. The van der Waals surface area contributed by atoms with E-state index in [1.807, 2.05) is 0 Å². The zero-order valence-electron chi connectivity index (χ0n) is 10.9. The lowest BCUT2D eigenvalue weighted by atomic mass is 9.86. The van der Waals surface area contributed by atoms with Crippen LogP contribution in [0.2, 0.25) is 0 Å². The molecule has 0 aliphatic carbocycles. The first-order valence-electron chi connectivity index (χ1n) is 6.61. The van der Waals surface area contributed by atoms with E-state index in [1.165, 1.54) is 29.5 Å². The highest BCUT2D eigenvalue weighted by Gasteiger charge is 2.25. The maximum atomic E-state index is 5.96. The van der Waals surface area contributed by atoms with Crippen molar-refractivity contribution in [3.63, 3.8) is 0 Å². The van der Waals surface area contributed by atoms with Crippen molar-refractivity contribution in [1.29, 1.82) is 0 Å². The topological polar surface area (TPSA) is 35.2 Å². The Labute approximate surface area is 104 Å². The Morgan fingerprint density at radius 3 is 2.76 bits per heavy atom. The van der Waals surface area contributed by atoms with Gasteiger partial charge in [-0.25, -0.2) is 0 Å². The largest absolute Gasteiger partial charge is 0.378 e. The molecule has 2 N–H and O–H groups in total. The Hall–Kier alpha value is -0.860. The highest BCUT2D eigenvalue weighted by Crippen LogP contribution is 2.29. The molecule has 1 fully saturated rings. The van der Waals surface area contributed by atoms with Gasteiger partial charge in [-0.15, -0.1) is 0 Å². The molecule has 2 rings (SSSR count). The predicted octanol–water partition coefficient (Wildman–Crippen LogP) is 2.91. The smallest absolute Gasteiger partial charge is 0.0655 e. The summed E-state index contributed by atoms with van der Waals surface area (Å²) in [4.78, 5) is 0. The molecule has 0 radical (unpaired) electrons. The van der Waals surface area contributed by atoms with Crippen molar-refractivity contribution < 1.29 is 4.74 Å². The summed E-state index contributed by atoms with van der Waals surface area (Å²) >= 11 is 0. The second-order valence-corrected chi connectivity index (χ2v) is 5.11. The van der Waals surface area contributed by atoms with Crippen molar-refractivity contribution in [1.82, 2.24) is 0 Å². The van der Waals surface area contributed by atoms with Gasteiger partial charge >= 0.3 is 0 Å². The van der Waals surface area contributed by atoms with Crippen LogP contribution in [0.1, 0.15) is 41.9 Å². The van der Waals surface area contributed by atoms with E-state index in [-0.39, 0.29) is 0 Å². The van der Waals surface area contributed by atoms with Gasteiger partial charge in [-0.05, 0) is 44.2 Å². The fourth-order valence-electron chi connectivity index (χ4n) is 2.80. The third-order valence-electron chi connectivity index (χ3n) is 3.74. The molecule has 94 valence electrons. The fraction of sp³-hybridized carbons (Fsp3) is 0.600. The monoisotopic (exact) mass is 233 g/mol. The maximum Gasteiger partial charge on any atom is 0.0655 e. The third-order valence-corrected chi connectivity index (χ3v) is 3.74. The zero-order chi connectivity index (χ0) is 12.3. The molecular weight excluding hydrogens is 210 g/mol. The number of hydrogen-bond donors (Lipinski definition) is 1. The molecule has 1 aromatic rings. The van der Waals surface area contributed by atoms with Gasteiger partial charge in [0.1, 0.15) is 0 Å². The quantitative estimate of drug-likeness (QED) is 0.871. The normalized spacial score (nSPS) is 22.4. The number of ether oxygens (including phenoxy) is 1. The van der Waals surface area contributed by atoms with Crippen molar-refractivity contribution in [2.24, 2.45) is 5.73 Å². The minimum Gasteiger partial charge on any atom is -0.378 e. The van der Waals surface area contributed by atoms with Crippen LogP contribution in [0.4, 0.5) is 0 Å². The standard InChI is InChI=1S/C15H23NO/c1-11-6-7-13(12(2)9-11)14(10-16)15-5-3-4-8-17-15/h6-7,9,14-15H,3-5,8,10,16H2,1-2H3. The van der Waals surface area contributed by atoms with E-state index < -0.39 is 0 Å². The van der Waals surface area contributed by atoms with Gasteiger partial charge in [0.25, 0.3) is 0 Å². The van der Waals surface area contributed by atoms with Gasteiger partial charge in [0.05, 0.1) is 6.10 Å². The van der Waals surface area contributed by atoms with Gasteiger partial charge in [-0.3, -0.25) is 0 Å². The third kappa shape index (κ3) is 2.88. The summed E-state index contributed by atoms with van der Waals surface area (Å²) in [6.45, 7) is 5.87. The van der Waals surface area contributed by atoms with Crippen LogP contribution in [0.3, 0.4) is 0 Å². The van der Waals surface area contributed by atoms with E-state index in [2.05, 4.69) is 32.0 Å². The van der Waals surface area contributed by atoms with Gasteiger partial charge < -0.3 is 10.5 Å². The van der Waals surface area contributed by atoms with Gasteiger partial charge in [-0.1, -0.05) is 23.8 Å². The molecule has 2 unspecified atom stereocenters. The molecule has 0 bridgehead atoms. The van der Waals surface area contributed by atoms with Gasteiger partial charge in [-0.2, -0.15) is 0 Å². The van der Waals surface area contributed by atoms with E-state index >= 15 is 0 Å². The van der Waals surface area contributed by atoms with Gasteiger partial charge in [0, 0.05) is 19.1 Å². The number of benzene rings is 1. The van der Waals surface area contributed by atoms with Crippen molar-refractivity contribution >= 4 is 0 Å². The lowest BCUT2D eigenvalue weighted by molar-refractivity contribution is 0.000465. The molecule has 1 aromatic carbocycles. The van der Waals surface area contributed by atoms with Crippen LogP contribution in [0.15, 0.2) is 18.2 Å². The fourth-order valence-corrected chi connectivity index (χ4v) is 2.80. The molecule has 1 heterocycles. The minimum atomic E-state index is 0.315. The van der Waals surface area contributed by atoms with Crippen LogP contribution >= 0.6 is 0 Å². The van der Waals surface area contributed by atoms with Crippen LogP contribution in [0.5, 0.6) is 0 Å². The summed E-state index contributed by atoms with van der Waals surface area (Å²) < 4.78 is 5.89. The lowest BCUT2D eigenvalue weighted by Gasteiger charge is -2.31. The second-order valence-electron chi connectivity index (χ2n) is 5.11. The van der Waals surface area contributed by atoms with Gasteiger partial charge in [0.15, 0.2) is 0 Å². The van der Waals surface area contributed by atoms with Crippen molar-refractivity contribution in [2.75, 3.05) is 13.2 Å². The van der Waals surface area contributed by atoms with Gasteiger partial charge in [0.2, 0.25) is 0 Å². The van der Waals surface area contributed by atoms with Crippen LogP contribution < -0.4 is 5.73 Å². The van der Waals surface area contributed by atoms with E-state index in [1.54, 1.807) is 0 Å². The molecule has 1 aliphatic rings. The number of nitrogens with two attached hydrogens (primary N) is 1. The summed E-state index contributed by atoms with van der Waals surface area (Å²) in [5.74, 6) is 0.357. The molecule has 0 spiro atoms. The van der Waals surface area contributed by atoms with Crippen LogP contribution in [-0.2, 0) is 4.74 Å². The predicted molar refractivity (Wildman–Crippen MR) is 71.3 cm³/mol. The molecule has 2 atom stereocenters. The average Bonchev–Trinajstić information content (AvgIpc) is 2.34. The molecule has 0 aromatic heterocycles. The summed E-state index contributed by atoms with van der Waals surface area (Å²) in [5.41, 5.74) is 9.98. The van der Waals surface area contributed by atoms with Crippen LogP contribution in [-0.4, -0.2) is 19.3 Å². The highest BCUT2D eigenvalue weighted by molar-refractivity contribution is 5.34. The first-order chi connectivity index (χ1) is 8.22. The molecule has 1 aliphatic heterocycles. The maximum absolute atomic E-state index is 5.96. The molecule has 1 saturated heterocycles. The van der Waals surface area contributed by atoms with E-state index in [0.717, 1.165) is 13.0 Å². The average molecular weight is 233 g/mol. The van der Waals surface area contributed by atoms with Crippen molar-refractivity contribution in [3.05, 3.63) is 34.9 Å². The summed E-state index contributed by atoms with van der Waals surface area (Å²) in [7, 11) is 0. The van der Waals surface area contributed by atoms with Crippen molar-refractivity contribution in [2.45, 2.75) is 45.1 Å². The number of aryl methyl sites for hydroxylation is 2. The van der Waals surface area contributed by atoms with E-state index in [9.17, 15) is 0 Å². The van der Waals surface area contributed by atoms with E-state index in [0.29, 0.717) is 18.6 Å². The van der Waals surface area contributed by atoms with Crippen LogP contribution in [0.25, 0.3) is 0 Å².